The molecule has 1 fully saturated rings. The first-order valence-electron chi connectivity index (χ1n) is 9.20. The van der Waals surface area contributed by atoms with Crippen molar-refractivity contribution in [3.05, 3.63) is 77.7 Å². The fraction of sp³-hybridized carbons (Fsp3) is 0.227. The molecule has 2 aromatic carbocycles. The molecule has 148 valence electrons. The number of aromatic nitrogens is 2. The lowest BCUT2D eigenvalue weighted by atomic mass is 10.1. The van der Waals surface area contributed by atoms with Crippen LogP contribution in [0.1, 0.15) is 40.4 Å². The van der Waals surface area contributed by atoms with Crippen LogP contribution in [-0.2, 0) is 6.18 Å². The van der Waals surface area contributed by atoms with Crippen LogP contribution in [-0.4, -0.2) is 22.9 Å². The van der Waals surface area contributed by atoms with E-state index < -0.39 is 11.7 Å². The Morgan fingerprint density at radius 2 is 1.66 bits per heavy atom. The van der Waals surface area contributed by atoms with E-state index in [0.717, 1.165) is 17.8 Å². The number of hydrogen-bond acceptors (Lipinski definition) is 3. The van der Waals surface area contributed by atoms with Crippen LogP contribution in [0, 0.1) is 0 Å². The van der Waals surface area contributed by atoms with Gasteiger partial charge in [-0.25, -0.2) is 4.98 Å². The number of carbonyl (C=O) groups excluding carboxylic acids is 1. The van der Waals surface area contributed by atoms with Gasteiger partial charge in [0.1, 0.15) is 5.69 Å². The van der Waals surface area contributed by atoms with Crippen molar-refractivity contribution in [2.75, 3.05) is 11.9 Å². The van der Waals surface area contributed by atoms with E-state index in [2.05, 4.69) is 9.97 Å². The van der Waals surface area contributed by atoms with Crippen LogP contribution in [0.3, 0.4) is 0 Å². The highest BCUT2D eigenvalue weighted by Gasteiger charge is 2.30. The second-order valence-corrected chi connectivity index (χ2v) is 7.09. The Morgan fingerprint density at radius 1 is 1.00 bits per heavy atom. The number of alkyl halides is 3. The molecule has 1 heterocycles. The lowest BCUT2D eigenvalue weighted by Gasteiger charge is -2.17. The number of carbonyl (C=O) groups is 1. The summed E-state index contributed by atoms with van der Waals surface area (Å²) in [7, 11) is 1.65. The second-order valence-electron chi connectivity index (χ2n) is 7.09. The summed E-state index contributed by atoms with van der Waals surface area (Å²) in [5.41, 5.74) is 2.19. The second kappa shape index (κ2) is 7.31. The van der Waals surface area contributed by atoms with Crippen molar-refractivity contribution in [1.82, 2.24) is 9.97 Å². The zero-order valence-corrected chi connectivity index (χ0v) is 15.6. The van der Waals surface area contributed by atoms with Crippen LogP contribution in [0.15, 0.2) is 60.9 Å². The minimum absolute atomic E-state index is 0.121. The first kappa shape index (κ1) is 19.1. The van der Waals surface area contributed by atoms with E-state index in [1.807, 2.05) is 24.3 Å². The first-order chi connectivity index (χ1) is 13.8. The molecule has 4 rings (SSSR count). The van der Waals surface area contributed by atoms with E-state index in [0.29, 0.717) is 17.2 Å². The van der Waals surface area contributed by atoms with Crippen LogP contribution < -0.4 is 4.90 Å². The molecule has 0 atom stereocenters. The lowest BCUT2D eigenvalue weighted by Crippen LogP contribution is -2.27. The molecule has 0 spiro atoms. The van der Waals surface area contributed by atoms with Crippen LogP contribution in [0.2, 0.25) is 0 Å². The Hall–Kier alpha value is -3.22. The highest BCUT2D eigenvalue weighted by atomic mass is 19.4. The third kappa shape index (κ3) is 4.13. The first-order valence-corrected chi connectivity index (χ1v) is 9.20. The number of anilines is 1. The van der Waals surface area contributed by atoms with Gasteiger partial charge in [0.25, 0.3) is 5.91 Å². The van der Waals surface area contributed by atoms with Crippen LogP contribution in [0.4, 0.5) is 18.9 Å². The minimum atomic E-state index is -4.40. The van der Waals surface area contributed by atoms with Gasteiger partial charge in [0, 0.05) is 18.3 Å². The van der Waals surface area contributed by atoms with Gasteiger partial charge in [0.2, 0.25) is 0 Å². The highest BCUT2D eigenvalue weighted by molar-refractivity contribution is 6.04. The standard InChI is InChI=1S/C22H18F3N3O/c1-28(18-10-6-15(7-11-18)14-2-3-14)21(29)20-13-26-12-19(27-20)16-4-8-17(9-5-16)22(23,24)25/h4-14H,2-3H2,1H3. The van der Waals surface area contributed by atoms with E-state index in [1.165, 1.54) is 47.8 Å². The molecule has 0 N–H and O–H groups in total. The summed E-state index contributed by atoms with van der Waals surface area (Å²) in [5, 5.41) is 0. The molecule has 0 unspecified atom stereocenters. The number of benzene rings is 2. The van der Waals surface area contributed by atoms with Crippen molar-refractivity contribution in [2.45, 2.75) is 24.9 Å². The van der Waals surface area contributed by atoms with Gasteiger partial charge in [-0.15, -0.1) is 0 Å². The van der Waals surface area contributed by atoms with E-state index in [9.17, 15) is 18.0 Å². The van der Waals surface area contributed by atoms with Gasteiger partial charge in [-0.2, -0.15) is 13.2 Å². The monoisotopic (exact) mass is 397 g/mol. The Balaban J connectivity index is 1.55. The van der Waals surface area contributed by atoms with Gasteiger partial charge >= 0.3 is 6.18 Å². The number of rotatable bonds is 4. The number of nitrogens with zero attached hydrogens (tertiary/aromatic N) is 3. The molecule has 4 nitrogen and oxygen atoms in total. The molecule has 0 radical (unpaired) electrons. The van der Waals surface area contributed by atoms with Crippen molar-refractivity contribution in [2.24, 2.45) is 0 Å². The molecule has 1 aromatic heterocycles. The summed E-state index contributed by atoms with van der Waals surface area (Å²) in [4.78, 5) is 22.6. The summed E-state index contributed by atoms with van der Waals surface area (Å²) >= 11 is 0. The Labute approximate surface area is 166 Å². The van der Waals surface area contributed by atoms with Crippen LogP contribution in [0.25, 0.3) is 11.3 Å². The van der Waals surface area contributed by atoms with Crippen molar-refractivity contribution in [3.63, 3.8) is 0 Å². The van der Waals surface area contributed by atoms with Gasteiger partial charge in [-0.3, -0.25) is 9.78 Å². The Kier molecular flexibility index (Phi) is 4.82. The molecule has 7 heteroatoms. The maximum Gasteiger partial charge on any atom is 0.416 e. The van der Waals surface area contributed by atoms with Crippen molar-refractivity contribution in [3.8, 4) is 11.3 Å². The molecule has 0 saturated heterocycles. The molecule has 1 saturated carbocycles. The molecule has 3 aromatic rings. The zero-order valence-electron chi connectivity index (χ0n) is 15.6. The fourth-order valence-electron chi connectivity index (χ4n) is 3.11. The summed E-state index contributed by atoms with van der Waals surface area (Å²) in [6, 6.07) is 12.5. The minimum Gasteiger partial charge on any atom is -0.310 e. The zero-order chi connectivity index (χ0) is 20.6. The molecule has 1 aliphatic rings. The average molecular weight is 397 g/mol. The smallest absolute Gasteiger partial charge is 0.310 e. The molecule has 29 heavy (non-hydrogen) atoms. The molecular formula is C22H18F3N3O. The predicted molar refractivity (Wildman–Crippen MR) is 104 cm³/mol. The quantitative estimate of drug-likeness (QED) is 0.599. The number of hydrogen-bond donors (Lipinski definition) is 0. The summed E-state index contributed by atoms with van der Waals surface area (Å²) in [5.74, 6) is 0.293. The van der Waals surface area contributed by atoms with Crippen molar-refractivity contribution < 1.29 is 18.0 Å². The topological polar surface area (TPSA) is 46.1 Å². The van der Waals surface area contributed by atoms with E-state index in [-0.39, 0.29) is 11.6 Å². The third-order valence-corrected chi connectivity index (χ3v) is 5.00. The molecular weight excluding hydrogens is 379 g/mol. The Morgan fingerprint density at radius 3 is 2.24 bits per heavy atom. The largest absolute Gasteiger partial charge is 0.416 e. The third-order valence-electron chi connectivity index (χ3n) is 5.00. The lowest BCUT2D eigenvalue weighted by molar-refractivity contribution is -0.137. The number of halogens is 3. The van der Waals surface area contributed by atoms with Crippen LogP contribution >= 0.6 is 0 Å². The normalized spacial score (nSPS) is 13.9. The maximum atomic E-state index is 12.8. The highest BCUT2D eigenvalue weighted by Crippen LogP contribution is 2.40. The van der Waals surface area contributed by atoms with E-state index >= 15 is 0 Å². The van der Waals surface area contributed by atoms with Gasteiger partial charge in [-0.05, 0) is 48.6 Å². The molecule has 1 aliphatic carbocycles. The summed E-state index contributed by atoms with van der Waals surface area (Å²) in [6.45, 7) is 0. The van der Waals surface area contributed by atoms with Crippen molar-refractivity contribution >= 4 is 11.6 Å². The van der Waals surface area contributed by atoms with Gasteiger partial charge < -0.3 is 4.90 Å². The van der Waals surface area contributed by atoms with E-state index in [4.69, 9.17) is 0 Å². The van der Waals surface area contributed by atoms with Crippen LogP contribution in [0.5, 0.6) is 0 Å². The van der Waals surface area contributed by atoms with Gasteiger partial charge in [-0.1, -0.05) is 24.3 Å². The SMILES string of the molecule is CN(C(=O)c1cncc(-c2ccc(C(F)(F)F)cc2)n1)c1ccc(C2CC2)cc1. The average Bonchev–Trinajstić information content (AvgIpc) is 3.58. The molecule has 1 amide bonds. The maximum absolute atomic E-state index is 12.8. The molecule has 0 bridgehead atoms. The van der Waals surface area contributed by atoms with E-state index in [1.54, 1.807) is 7.05 Å². The fourth-order valence-corrected chi connectivity index (χ4v) is 3.11. The van der Waals surface area contributed by atoms with Crippen molar-refractivity contribution in [1.29, 1.82) is 0 Å². The summed E-state index contributed by atoms with van der Waals surface area (Å²) < 4.78 is 38.2. The van der Waals surface area contributed by atoms with Gasteiger partial charge in [0.05, 0.1) is 23.7 Å². The summed E-state index contributed by atoms with van der Waals surface area (Å²) in [6.07, 6.45) is 0.787. The number of amides is 1. The Bertz CT molecular complexity index is 1030. The molecule has 0 aliphatic heterocycles. The predicted octanol–water partition coefficient (Wildman–Crippen LogP) is 5.32. The van der Waals surface area contributed by atoms with Gasteiger partial charge in [0.15, 0.2) is 0 Å².